The van der Waals surface area contributed by atoms with E-state index in [1.807, 2.05) is 11.8 Å². The maximum atomic E-state index is 8.48. The van der Waals surface area contributed by atoms with Crippen molar-refractivity contribution in [3.8, 4) is 0 Å². The highest BCUT2D eigenvalue weighted by Gasteiger charge is 2.11. The highest BCUT2D eigenvalue weighted by atomic mass is 79.9. The van der Waals surface area contributed by atoms with Gasteiger partial charge < -0.3 is 15.8 Å². The molecule has 1 heterocycles. The summed E-state index contributed by atoms with van der Waals surface area (Å²) >= 11 is 9.41. The second-order valence-corrected chi connectivity index (χ2v) is 4.70. The van der Waals surface area contributed by atoms with Gasteiger partial charge in [-0.3, -0.25) is 0 Å². The lowest BCUT2D eigenvalue weighted by Gasteiger charge is -2.22. The summed E-state index contributed by atoms with van der Waals surface area (Å²) in [6, 6.07) is 1.79. The lowest BCUT2D eigenvalue weighted by molar-refractivity contribution is 0.317. The van der Waals surface area contributed by atoms with Crippen molar-refractivity contribution < 1.29 is 5.21 Å². The number of amidine groups is 1. The van der Waals surface area contributed by atoms with Gasteiger partial charge in [-0.2, -0.15) is 0 Å². The van der Waals surface area contributed by atoms with Crippen molar-refractivity contribution in [3.63, 3.8) is 0 Å². The molecule has 1 aromatic rings. The van der Waals surface area contributed by atoms with Crippen LogP contribution in [0.1, 0.15) is 13.3 Å². The first-order chi connectivity index (χ1) is 8.08. The third-order valence-electron chi connectivity index (χ3n) is 2.24. The SMILES string of the molecule is CCN(CCC(N)=NO)c1ncc(Br)cc1Cl. The van der Waals surface area contributed by atoms with Gasteiger partial charge in [0.1, 0.15) is 11.7 Å². The molecule has 94 valence electrons. The molecule has 1 rings (SSSR count). The number of halogens is 2. The van der Waals surface area contributed by atoms with E-state index in [4.69, 9.17) is 22.5 Å². The van der Waals surface area contributed by atoms with Gasteiger partial charge in [0.2, 0.25) is 0 Å². The minimum atomic E-state index is 0.191. The van der Waals surface area contributed by atoms with Crippen LogP contribution in [0.15, 0.2) is 21.9 Å². The first-order valence-electron chi connectivity index (χ1n) is 5.10. The molecule has 5 nitrogen and oxygen atoms in total. The zero-order valence-corrected chi connectivity index (χ0v) is 11.7. The quantitative estimate of drug-likeness (QED) is 0.378. The minimum Gasteiger partial charge on any atom is -0.409 e. The number of hydrogen-bond acceptors (Lipinski definition) is 4. The van der Waals surface area contributed by atoms with Crippen LogP contribution in [0.25, 0.3) is 0 Å². The molecule has 0 amide bonds. The lowest BCUT2D eigenvalue weighted by Crippen LogP contribution is -2.28. The minimum absolute atomic E-state index is 0.191. The molecule has 0 fully saturated rings. The first kappa shape index (κ1) is 14.1. The Morgan fingerprint density at radius 1 is 1.71 bits per heavy atom. The molecule has 0 bridgehead atoms. The predicted octanol–water partition coefficient (Wildman–Crippen LogP) is 2.46. The van der Waals surface area contributed by atoms with E-state index in [-0.39, 0.29) is 5.84 Å². The van der Waals surface area contributed by atoms with Crippen molar-refractivity contribution >= 4 is 39.2 Å². The van der Waals surface area contributed by atoms with Gasteiger partial charge >= 0.3 is 0 Å². The summed E-state index contributed by atoms with van der Waals surface area (Å²) in [5, 5.41) is 12.0. The van der Waals surface area contributed by atoms with Crippen LogP contribution in [0.5, 0.6) is 0 Å². The third kappa shape index (κ3) is 4.05. The van der Waals surface area contributed by atoms with E-state index in [9.17, 15) is 0 Å². The molecule has 0 radical (unpaired) electrons. The van der Waals surface area contributed by atoms with E-state index >= 15 is 0 Å². The molecule has 0 aliphatic heterocycles. The predicted molar refractivity (Wildman–Crippen MR) is 72.9 cm³/mol. The molecule has 0 aliphatic carbocycles. The summed E-state index contributed by atoms with van der Waals surface area (Å²) in [5.41, 5.74) is 5.43. The highest BCUT2D eigenvalue weighted by molar-refractivity contribution is 9.10. The molecule has 0 saturated heterocycles. The molecule has 0 atom stereocenters. The highest BCUT2D eigenvalue weighted by Crippen LogP contribution is 2.26. The van der Waals surface area contributed by atoms with Crippen LogP contribution in [0.2, 0.25) is 5.02 Å². The van der Waals surface area contributed by atoms with Gasteiger partial charge in [0.25, 0.3) is 0 Å². The van der Waals surface area contributed by atoms with Crippen LogP contribution < -0.4 is 10.6 Å². The number of nitrogens with zero attached hydrogens (tertiary/aromatic N) is 3. The Bertz CT molecular complexity index is 413. The van der Waals surface area contributed by atoms with Crippen molar-refractivity contribution in [2.75, 3.05) is 18.0 Å². The van der Waals surface area contributed by atoms with Gasteiger partial charge in [0.15, 0.2) is 0 Å². The summed E-state index contributed by atoms with van der Waals surface area (Å²) in [5.74, 6) is 0.889. The largest absolute Gasteiger partial charge is 0.409 e. The fourth-order valence-corrected chi connectivity index (χ4v) is 2.10. The fourth-order valence-electron chi connectivity index (χ4n) is 1.35. The van der Waals surface area contributed by atoms with Crippen LogP contribution in [-0.4, -0.2) is 29.1 Å². The van der Waals surface area contributed by atoms with E-state index in [0.29, 0.717) is 23.8 Å². The number of anilines is 1. The van der Waals surface area contributed by atoms with E-state index < -0.39 is 0 Å². The summed E-state index contributed by atoms with van der Waals surface area (Å²) in [6.07, 6.45) is 2.14. The Balaban J connectivity index is 2.79. The zero-order valence-electron chi connectivity index (χ0n) is 9.40. The summed E-state index contributed by atoms with van der Waals surface area (Å²) in [6.45, 7) is 3.33. The van der Waals surface area contributed by atoms with Gasteiger partial charge in [-0.05, 0) is 28.9 Å². The molecule has 0 aromatic carbocycles. The van der Waals surface area contributed by atoms with E-state index in [2.05, 4.69) is 26.1 Å². The first-order valence-corrected chi connectivity index (χ1v) is 6.28. The number of nitrogens with two attached hydrogens (primary N) is 1. The summed E-state index contributed by atoms with van der Waals surface area (Å²) in [4.78, 5) is 6.22. The summed E-state index contributed by atoms with van der Waals surface area (Å²) < 4.78 is 0.832. The molecular weight excluding hydrogens is 307 g/mol. The summed E-state index contributed by atoms with van der Waals surface area (Å²) in [7, 11) is 0. The van der Waals surface area contributed by atoms with E-state index in [1.165, 1.54) is 0 Å². The van der Waals surface area contributed by atoms with Crippen molar-refractivity contribution in [1.82, 2.24) is 4.98 Å². The molecule has 17 heavy (non-hydrogen) atoms. The molecule has 7 heteroatoms. The molecule has 0 unspecified atom stereocenters. The van der Waals surface area contributed by atoms with Crippen LogP contribution in [0, 0.1) is 0 Å². The van der Waals surface area contributed by atoms with Crippen LogP contribution in [0.4, 0.5) is 5.82 Å². The Kier molecular flexibility index (Phi) is 5.50. The third-order valence-corrected chi connectivity index (χ3v) is 2.95. The topological polar surface area (TPSA) is 74.7 Å². The van der Waals surface area contributed by atoms with Gasteiger partial charge in [-0.25, -0.2) is 4.98 Å². The second-order valence-electron chi connectivity index (χ2n) is 3.38. The lowest BCUT2D eigenvalue weighted by atomic mass is 10.3. The average molecular weight is 322 g/mol. The van der Waals surface area contributed by atoms with Crippen LogP contribution >= 0.6 is 27.5 Å². The Morgan fingerprint density at radius 2 is 2.41 bits per heavy atom. The molecule has 3 N–H and O–H groups in total. The van der Waals surface area contributed by atoms with Crippen molar-refractivity contribution in [3.05, 3.63) is 21.8 Å². The number of hydrogen-bond donors (Lipinski definition) is 2. The van der Waals surface area contributed by atoms with E-state index in [1.54, 1.807) is 12.3 Å². The maximum absolute atomic E-state index is 8.48. The number of rotatable bonds is 5. The molecular formula is C10H14BrClN4O. The molecule has 0 aliphatic rings. The molecule has 0 spiro atoms. The maximum Gasteiger partial charge on any atom is 0.147 e. The van der Waals surface area contributed by atoms with Gasteiger partial charge in [-0.15, -0.1) is 0 Å². The Labute approximate surface area is 113 Å². The van der Waals surface area contributed by atoms with Crippen LogP contribution in [0.3, 0.4) is 0 Å². The van der Waals surface area contributed by atoms with Crippen molar-refractivity contribution in [2.24, 2.45) is 10.9 Å². The van der Waals surface area contributed by atoms with Gasteiger partial charge in [0.05, 0.1) is 5.02 Å². The molecule has 0 saturated carbocycles. The Morgan fingerprint density at radius 3 is 2.94 bits per heavy atom. The number of aromatic nitrogens is 1. The van der Waals surface area contributed by atoms with Crippen molar-refractivity contribution in [1.29, 1.82) is 0 Å². The van der Waals surface area contributed by atoms with Gasteiger partial charge in [-0.1, -0.05) is 16.8 Å². The number of pyridine rings is 1. The smallest absolute Gasteiger partial charge is 0.147 e. The van der Waals surface area contributed by atoms with Crippen molar-refractivity contribution in [2.45, 2.75) is 13.3 Å². The fraction of sp³-hybridized carbons (Fsp3) is 0.400. The van der Waals surface area contributed by atoms with Gasteiger partial charge in [0, 0.05) is 30.2 Å². The number of oxime groups is 1. The monoisotopic (exact) mass is 320 g/mol. The standard InChI is InChI=1S/C10H14BrClN4O/c1-2-16(4-3-9(13)15-17)10-8(12)5-7(11)6-14-10/h5-6,17H,2-4H2,1H3,(H2,13,15). The normalized spacial score (nSPS) is 11.6. The zero-order chi connectivity index (χ0) is 12.8. The average Bonchev–Trinajstić information content (AvgIpc) is 2.31. The van der Waals surface area contributed by atoms with Crippen LogP contribution in [-0.2, 0) is 0 Å². The Hall–Kier alpha value is -1.01. The van der Waals surface area contributed by atoms with E-state index in [0.717, 1.165) is 11.0 Å². The second kappa shape index (κ2) is 6.66. The molecule has 1 aromatic heterocycles.